The summed E-state index contributed by atoms with van der Waals surface area (Å²) in [6, 6.07) is 11.8. The topological polar surface area (TPSA) is 64.6 Å². The number of rotatable bonds is 6. The Morgan fingerprint density at radius 2 is 1.62 bits per heavy atom. The van der Waals surface area contributed by atoms with Crippen molar-refractivity contribution in [2.24, 2.45) is 0 Å². The van der Waals surface area contributed by atoms with E-state index in [2.05, 4.69) is 27.9 Å². The first kappa shape index (κ1) is 18.8. The molecule has 2 aromatic carbocycles. The lowest BCUT2D eigenvalue weighted by atomic mass is 10.3. The van der Waals surface area contributed by atoms with Gasteiger partial charge in [-0.1, -0.05) is 23.2 Å². The maximum Gasteiger partial charge on any atom is 0.344 e. The van der Waals surface area contributed by atoms with Gasteiger partial charge in [0.25, 0.3) is 5.91 Å². The second-order valence-electron chi connectivity index (χ2n) is 4.61. The van der Waals surface area contributed by atoms with Crippen LogP contribution in [0.3, 0.4) is 0 Å². The van der Waals surface area contributed by atoms with Crippen LogP contribution < -0.4 is 10.1 Å². The van der Waals surface area contributed by atoms with Gasteiger partial charge >= 0.3 is 5.97 Å². The molecule has 8 heteroatoms. The summed E-state index contributed by atoms with van der Waals surface area (Å²) in [6.45, 7) is -0.712. The van der Waals surface area contributed by atoms with Crippen LogP contribution in [0.1, 0.15) is 0 Å². The second kappa shape index (κ2) is 9.10. The molecule has 126 valence electrons. The molecule has 0 aromatic heterocycles. The molecule has 2 aromatic rings. The minimum absolute atomic E-state index is 0.281. The fourth-order valence-electron chi connectivity index (χ4n) is 1.68. The molecule has 1 amide bonds. The van der Waals surface area contributed by atoms with Crippen LogP contribution >= 0.6 is 45.8 Å². The van der Waals surface area contributed by atoms with Crippen LogP contribution in [-0.4, -0.2) is 25.1 Å². The minimum atomic E-state index is -0.646. The van der Waals surface area contributed by atoms with Crippen molar-refractivity contribution in [2.45, 2.75) is 0 Å². The van der Waals surface area contributed by atoms with Crippen LogP contribution in [0.4, 0.5) is 5.69 Å². The molecule has 0 heterocycles. The molecule has 0 saturated carbocycles. The zero-order valence-corrected chi connectivity index (χ0v) is 15.9. The highest BCUT2D eigenvalue weighted by Gasteiger charge is 2.09. The van der Waals surface area contributed by atoms with Gasteiger partial charge in [-0.15, -0.1) is 0 Å². The Morgan fingerprint density at radius 3 is 2.25 bits per heavy atom. The van der Waals surface area contributed by atoms with Crippen molar-refractivity contribution >= 4 is 63.4 Å². The van der Waals surface area contributed by atoms with Crippen LogP contribution in [0.2, 0.25) is 10.0 Å². The van der Waals surface area contributed by atoms with E-state index in [0.717, 1.165) is 3.57 Å². The summed E-state index contributed by atoms with van der Waals surface area (Å²) >= 11 is 13.8. The summed E-state index contributed by atoms with van der Waals surface area (Å²) in [5.74, 6) is -0.603. The van der Waals surface area contributed by atoms with E-state index in [9.17, 15) is 9.59 Å². The number of hydrogen-bond acceptors (Lipinski definition) is 4. The normalized spacial score (nSPS) is 10.1. The first-order valence-corrected chi connectivity index (χ1v) is 8.56. The molecule has 0 bridgehead atoms. The Labute approximate surface area is 162 Å². The molecule has 0 saturated heterocycles. The van der Waals surface area contributed by atoms with Gasteiger partial charge in [0.05, 0.1) is 0 Å². The molecule has 0 aliphatic heterocycles. The SMILES string of the molecule is O=C(COC(=O)COc1ccc(I)cc1)Nc1cc(Cl)cc(Cl)c1. The number of anilines is 1. The van der Waals surface area contributed by atoms with Crippen molar-refractivity contribution < 1.29 is 19.1 Å². The van der Waals surface area contributed by atoms with Crippen LogP contribution in [-0.2, 0) is 14.3 Å². The van der Waals surface area contributed by atoms with Crippen LogP contribution in [0, 0.1) is 3.57 Å². The number of amides is 1. The third-order valence-corrected chi connectivity index (χ3v) is 3.84. The van der Waals surface area contributed by atoms with Gasteiger partial charge in [0.2, 0.25) is 0 Å². The average molecular weight is 480 g/mol. The van der Waals surface area contributed by atoms with Crippen molar-refractivity contribution in [1.82, 2.24) is 0 Å². The lowest BCUT2D eigenvalue weighted by Gasteiger charge is -2.08. The average Bonchev–Trinajstić information content (AvgIpc) is 2.51. The molecule has 2 rings (SSSR count). The molecule has 0 spiro atoms. The molecule has 0 unspecified atom stereocenters. The van der Waals surface area contributed by atoms with Crippen LogP contribution in [0.5, 0.6) is 5.75 Å². The lowest BCUT2D eigenvalue weighted by molar-refractivity contribution is -0.149. The monoisotopic (exact) mass is 479 g/mol. The molecule has 0 aliphatic rings. The van der Waals surface area contributed by atoms with Gasteiger partial charge in [0.1, 0.15) is 5.75 Å². The van der Waals surface area contributed by atoms with Gasteiger partial charge in [0.15, 0.2) is 13.2 Å². The predicted molar refractivity (Wildman–Crippen MR) is 101 cm³/mol. The maximum atomic E-state index is 11.7. The van der Waals surface area contributed by atoms with E-state index in [1.807, 2.05) is 12.1 Å². The van der Waals surface area contributed by atoms with E-state index in [4.69, 9.17) is 32.7 Å². The van der Waals surface area contributed by atoms with Gasteiger partial charge < -0.3 is 14.8 Å². The Kier molecular flexibility index (Phi) is 7.14. The second-order valence-corrected chi connectivity index (χ2v) is 6.73. The summed E-state index contributed by atoms with van der Waals surface area (Å²) < 4.78 is 11.2. The van der Waals surface area contributed by atoms with Gasteiger partial charge in [-0.05, 0) is 65.1 Å². The van der Waals surface area contributed by atoms with Crippen LogP contribution in [0.25, 0.3) is 0 Å². The van der Waals surface area contributed by atoms with Crippen molar-refractivity contribution in [3.8, 4) is 5.75 Å². The number of carbonyl (C=O) groups excluding carboxylic acids is 2. The Bertz CT molecular complexity index is 717. The molecular formula is C16H12Cl2INO4. The molecule has 5 nitrogen and oxygen atoms in total. The first-order chi connectivity index (χ1) is 11.4. The van der Waals surface area contributed by atoms with Crippen molar-refractivity contribution in [3.05, 3.63) is 56.1 Å². The zero-order chi connectivity index (χ0) is 17.5. The van der Waals surface area contributed by atoms with Gasteiger partial charge in [0, 0.05) is 19.3 Å². The van der Waals surface area contributed by atoms with E-state index in [1.54, 1.807) is 18.2 Å². The van der Waals surface area contributed by atoms with Gasteiger partial charge in [-0.25, -0.2) is 4.79 Å². The number of benzene rings is 2. The summed E-state index contributed by atoms with van der Waals surface area (Å²) in [4.78, 5) is 23.3. The fraction of sp³-hybridized carbons (Fsp3) is 0.125. The molecule has 1 N–H and O–H groups in total. The Balaban J connectivity index is 1.74. The van der Waals surface area contributed by atoms with Crippen LogP contribution in [0.15, 0.2) is 42.5 Å². The predicted octanol–water partition coefficient (Wildman–Crippen LogP) is 4.16. The standard InChI is InChI=1S/C16H12Cl2INO4/c17-10-5-11(18)7-13(6-10)20-15(21)8-24-16(22)9-23-14-3-1-12(19)2-4-14/h1-7H,8-9H2,(H,20,21). The molecule has 0 aliphatic carbocycles. The molecule has 0 atom stereocenters. The number of hydrogen-bond donors (Lipinski definition) is 1. The van der Waals surface area contributed by atoms with Crippen molar-refractivity contribution in [2.75, 3.05) is 18.5 Å². The third-order valence-electron chi connectivity index (χ3n) is 2.68. The summed E-state index contributed by atoms with van der Waals surface area (Å²) in [5.41, 5.74) is 0.420. The Morgan fingerprint density at radius 1 is 1.00 bits per heavy atom. The van der Waals surface area contributed by atoms with E-state index in [1.165, 1.54) is 12.1 Å². The van der Waals surface area contributed by atoms with E-state index >= 15 is 0 Å². The van der Waals surface area contributed by atoms with E-state index in [-0.39, 0.29) is 6.61 Å². The summed E-state index contributed by atoms with van der Waals surface area (Å²) in [6.07, 6.45) is 0. The minimum Gasteiger partial charge on any atom is -0.482 e. The molecular weight excluding hydrogens is 468 g/mol. The number of carbonyl (C=O) groups is 2. The Hall–Kier alpha value is -1.51. The fourth-order valence-corrected chi connectivity index (χ4v) is 2.57. The van der Waals surface area contributed by atoms with Gasteiger partial charge in [-0.3, -0.25) is 4.79 Å². The third kappa shape index (κ3) is 6.54. The molecule has 24 heavy (non-hydrogen) atoms. The van der Waals surface area contributed by atoms with Crippen molar-refractivity contribution in [1.29, 1.82) is 0 Å². The highest BCUT2D eigenvalue weighted by Crippen LogP contribution is 2.22. The highest BCUT2D eigenvalue weighted by molar-refractivity contribution is 14.1. The largest absolute Gasteiger partial charge is 0.482 e. The van der Waals surface area contributed by atoms with E-state index < -0.39 is 18.5 Å². The lowest BCUT2D eigenvalue weighted by Crippen LogP contribution is -2.23. The summed E-state index contributed by atoms with van der Waals surface area (Å²) in [5, 5.41) is 3.31. The number of nitrogens with one attached hydrogen (secondary N) is 1. The number of ether oxygens (including phenoxy) is 2. The smallest absolute Gasteiger partial charge is 0.344 e. The maximum absolute atomic E-state index is 11.7. The number of esters is 1. The summed E-state index contributed by atoms with van der Waals surface area (Å²) in [7, 11) is 0. The number of halogens is 3. The van der Waals surface area contributed by atoms with Gasteiger partial charge in [-0.2, -0.15) is 0 Å². The quantitative estimate of drug-likeness (QED) is 0.499. The molecule has 0 radical (unpaired) electrons. The van der Waals surface area contributed by atoms with Crippen molar-refractivity contribution in [3.63, 3.8) is 0 Å². The van der Waals surface area contributed by atoms with E-state index in [0.29, 0.717) is 21.5 Å². The first-order valence-electron chi connectivity index (χ1n) is 6.72. The molecule has 0 fully saturated rings. The zero-order valence-electron chi connectivity index (χ0n) is 12.2. The highest BCUT2D eigenvalue weighted by atomic mass is 127.